The van der Waals surface area contributed by atoms with E-state index in [1.807, 2.05) is 28.2 Å². The number of phosphoric acid groups is 1. The third-order valence-electron chi connectivity index (χ3n) is 10.0. The Morgan fingerprint density at radius 2 is 1.58 bits per heavy atom. The van der Waals surface area contributed by atoms with Crippen LogP contribution < -0.4 is 36.3 Å². The number of benzene rings is 2. The number of nitrogens with two attached hydrogens (primary N) is 1. The number of aromatic nitrogens is 5. The maximum Gasteiger partial charge on any atom is 0.469 e. The van der Waals surface area contributed by atoms with Crippen molar-refractivity contribution in [1.82, 2.24) is 24.8 Å². The van der Waals surface area contributed by atoms with Gasteiger partial charge in [0.15, 0.2) is 17.4 Å². The number of nitrogen functional groups attached to an aromatic ring is 1. The van der Waals surface area contributed by atoms with E-state index >= 15 is 0 Å². The number of aromatic amines is 1. The molecule has 3 aromatic heterocycles. The van der Waals surface area contributed by atoms with Crippen molar-refractivity contribution in [3.8, 4) is 0 Å². The molecule has 6 rings (SSSR count). The minimum atomic E-state index is -4.88. The number of phosphoric ester groups is 1. The Kier molecular flexibility index (Phi) is 13.0. The number of aryl methyl sites for hydroxylation is 1. The van der Waals surface area contributed by atoms with Gasteiger partial charge in [-0.25, -0.2) is 9.55 Å². The summed E-state index contributed by atoms with van der Waals surface area (Å²) in [6.45, 7) is 0.937. The lowest BCUT2D eigenvalue weighted by atomic mass is 10.1. The molecular weight excluding hydrogens is 759 g/mol. The van der Waals surface area contributed by atoms with Crippen molar-refractivity contribution in [3.63, 3.8) is 0 Å². The molecule has 0 saturated carbocycles. The number of imidazole rings is 1. The van der Waals surface area contributed by atoms with Crippen LogP contribution in [0.15, 0.2) is 47.3 Å². The predicted molar refractivity (Wildman–Crippen MR) is 216 cm³/mol. The van der Waals surface area contributed by atoms with Gasteiger partial charge in [-0.2, -0.15) is 9.55 Å². The van der Waals surface area contributed by atoms with Gasteiger partial charge >= 0.3 is 7.82 Å². The number of unbranched alkanes of at least 4 members (excludes halogenated alkanes) is 3. The summed E-state index contributed by atoms with van der Waals surface area (Å²) in [5.74, 6) is -0.0963. The van der Waals surface area contributed by atoms with Crippen LogP contribution in [0, 0.1) is 0 Å². The number of nitrogens with zero attached hydrogens (tertiary/aromatic N) is 6. The van der Waals surface area contributed by atoms with E-state index in [9.17, 15) is 24.4 Å². The van der Waals surface area contributed by atoms with Gasteiger partial charge in [0.1, 0.15) is 24.9 Å². The van der Waals surface area contributed by atoms with Gasteiger partial charge in [0.25, 0.3) is 5.56 Å². The Balaban J connectivity index is 0.991. The zero-order chi connectivity index (χ0) is 41.0. The number of aliphatic hydroxyl groups excluding tert-OH is 2. The number of fused-ring (bicyclic) bond motifs is 3. The number of hydrogen-bond acceptors (Lipinski definition) is 13. The van der Waals surface area contributed by atoms with E-state index in [1.54, 1.807) is 0 Å². The van der Waals surface area contributed by atoms with Crippen LogP contribution in [0.1, 0.15) is 44.8 Å². The van der Waals surface area contributed by atoms with Crippen molar-refractivity contribution in [1.29, 1.82) is 0 Å². The molecule has 0 spiro atoms. The highest BCUT2D eigenvalue weighted by atomic mass is 31.2. The van der Waals surface area contributed by atoms with Crippen molar-refractivity contribution in [3.05, 3.63) is 52.8 Å². The number of carbonyl (C=O) groups is 1. The fraction of sp³-hybridized carbons (Fsp3) is 0.486. The van der Waals surface area contributed by atoms with E-state index in [0.29, 0.717) is 38.9 Å². The Bertz CT molecular complexity index is 2260. The smallest absolute Gasteiger partial charge is 0.387 e. The molecular formula is C37H52N10O9P+. The molecule has 0 unspecified atom stereocenters. The number of rotatable bonds is 18. The highest BCUT2D eigenvalue weighted by Gasteiger charge is 2.46. The van der Waals surface area contributed by atoms with Crippen LogP contribution >= 0.6 is 7.82 Å². The van der Waals surface area contributed by atoms with Gasteiger partial charge in [0.2, 0.25) is 28.8 Å². The predicted octanol–water partition coefficient (Wildman–Crippen LogP) is 1.73. The van der Waals surface area contributed by atoms with Crippen LogP contribution in [0.4, 0.5) is 23.3 Å². The second kappa shape index (κ2) is 17.7. The summed E-state index contributed by atoms with van der Waals surface area (Å²) in [4.78, 5) is 58.7. The van der Waals surface area contributed by atoms with Crippen molar-refractivity contribution >= 4 is 70.0 Å². The maximum atomic E-state index is 12.9. The number of hydrogen-bond donors (Lipinski definition) is 8. The first kappa shape index (κ1) is 41.7. The molecule has 2 aromatic carbocycles. The SMILES string of the molecule is CN(C)c1ccc2cc3ccc(N(C)C)cc3[n+](CCCC(=O)NCCCCCCNc3nc4c(=O)[nH]c(N)nc4n3[C@@H]3O[C@H](COP(=O)(O)O)[C@@H](O)[C@H]3O)c2c1. The van der Waals surface area contributed by atoms with Crippen LogP contribution in [0.5, 0.6) is 0 Å². The van der Waals surface area contributed by atoms with Gasteiger partial charge in [-0.1, -0.05) is 12.8 Å². The Hall–Kier alpha value is -4.88. The van der Waals surface area contributed by atoms with E-state index in [1.165, 1.54) is 4.57 Å². The van der Waals surface area contributed by atoms with Crippen molar-refractivity contribution in [2.75, 3.05) is 68.7 Å². The van der Waals surface area contributed by atoms with Crippen LogP contribution in [0.2, 0.25) is 0 Å². The summed E-state index contributed by atoms with van der Waals surface area (Å²) in [6.07, 6.45) is -1.61. The third kappa shape index (κ3) is 9.81. The lowest BCUT2D eigenvalue weighted by Gasteiger charge is -2.20. The topological polar surface area (TPSA) is 258 Å². The second-order valence-electron chi connectivity index (χ2n) is 14.6. The van der Waals surface area contributed by atoms with Gasteiger partial charge < -0.3 is 50.9 Å². The summed E-state index contributed by atoms with van der Waals surface area (Å²) < 4.78 is 25.0. The van der Waals surface area contributed by atoms with Crippen molar-refractivity contribution in [2.45, 2.75) is 69.6 Å². The van der Waals surface area contributed by atoms with E-state index in [4.69, 9.17) is 20.3 Å². The van der Waals surface area contributed by atoms with Crippen LogP contribution in [-0.2, 0) is 25.2 Å². The van der Waals surface area contributed by atoms with Gasteiger partial charge in [-0.15, -0.1) is 0 Å². The summed E-state index contributed by atoms with van der Waals surface area (Å²) in [6, 6.07) is 15.1. The highest BCUT2D eigenvalue weighted by Crippen LogP contribution is 2.39. The molecule has 19 nitrogen and oxygen atoms in total. The quantitative estimate of drug-likeness (QED) is 0.0271. The second-order valence-corrected chi connectivity index (χ2v) is 15.9. The monoisotopic (exact) mass is 811 g/mol. The summed E-state index contributed by atoms with van der Waals surface area (Å²) in [5, 5.41) is 29.8. The first-order valence-corrected chi connectivity index (χ1v) is 20.4. The molecule has 57 heavy (non-hydrogen) atoms. The van der Waals surface area contributed by atoms with Crippen molar-refractivity contribution < 1.29 is 43.2 Å². The molecule has 0 aliphatic carbocycles. The van der Waals surface area contributed by atoms with Gasteiger partial charge in [0, 0.05) is 88.4 Å². The molecule has 0 bridgehead atoms. The van der Waals surface area contributed by atoms with E-state index in [2.05, 4.69) is 86.9 Å². The highest BCUT2D eigenvalue weighted by molar-refractivity contribution is 7.46. The summed E-state index contributed by atoms with van der Waals surface area (Å²) in [7, 11) is 3.23. The number of ether oxygens (including phenoxy) is 1. The van der Waals surface area contributed by atoms with Gasteiger partial charge in [-0.3, -0.25) is 23.7 Å². The molecule has 1 aliphatic heterocycles. The molecule has 1 fully saturated rings. The molecule has 4 heterocycles. The average Bonchev–Trinajstić information content (AvgIpc) is 3.65. The lowest BCUT2D eigenvalue weighted by molar-refractivity contribution is -0.645. The van der Waals surface area contributed by atoms with Gasteiger partial charge in [-0.05, 0) is 43.2 Å². The zero-order valence-corrected chi connectivity index (χ0v) is 33.4. The van der Waals surface area contributed by atoms with E-state index in [-0.39, 0.29) is 29.0 Å². The largest absolute Gasteiger partial charge is 0.469 e. The number of pyridine rings is 1. The molecule has 20 heteroatoms. The minimum absolute atomic E-state index is 0.00452. The Labute approximate surface area is 328 Å². The van der Waals surface area contributed by atoms with Crippen LogP contribution in [0.3, 0.4) is 0 Å². The van der Waals surface area contributed by atoms with Crippen LogP contribution in [0.25, 0.3) is 33.0 Å². The molecule has 9 N–H and O–H groups in total. The number of H-pyrrole nitrogens is 1. The Morgan fingerprint density at radius 3 is 2.19 bits per heavy atom. The molecule has 1 aliphatic rings. The fourth-order valence-electron chi connectivity index (χ4n) is 7.01. The Morgan fingerprint density at radius 1 is 0.947 bits per heavy atom. The molecule has 4 atom stereocenters. The standard InChI is InChI=1S/C37H51N10O9P/c1-44(2)24-13-11-22-18-23-12-14-25(45(3)4)20-27(23)46(26(22)19-24)17-9-10-29(48)39-15-7-5-6-8-16-40-37-41-30-33(42-36(38)43-34(30)51)47(37)35-32(50)31(49)28(56-35)21-55-57(52,53)54/h11-14,18-20,28,31-32,35,49-50H,5-10,15-17,21H2,1-4H3,(H6-,38,39,40,41,42,43,48,51,52,53,54)/p+1/t28-,31-,32-,35-/m1/s1. The van der Waals surface area contributed by atoms with E-state index in [0.717, 1.165) is 52.4 Å². The lowest BCUT2D eigenvalue weighted by Crippen LogP contribution is -2.37. The number of carbonyl (C=O) groups excluding carboxylic acids is 1. The molecule has 5 aromatic rings. The average molecular weight is 812 g/mol. The summed E-state index contributed by atoms with van der Waals surface area (Å²) in [5.41, 5.74) is 9.48. The molecule has 1 saturated heterocycles. The third-order valence-corrected chi connectivity index (χ3v) is 10.5. The first-order valence-electron chi connectivity index (χ1n) is 18.9. The van der Waals surface area contributed by atoms with Crippen molar-refractivity contribution in [2.24, 2.45) is 0 Å². The molecule has 1 amide bonds. The normalized spacial score (nSPS) is 18.5. The number of anilines is 4. The maximum absolute atomic E-state index is 12.9. The molecule has 0 radical (unpaired) electrons. The number of aliphatic hydroxyl groups is 2. The number of nitrogens with one attached hydrogen (secondary N) is 3. The van der Waals surface area contributed by atoms with Crippen LogP contribution in [-0.4, -0.2) is 112 Å². The molecule has 308 valence electrons. The summed E-state index contributed by atoms with van der Waals surface area (Å²) >= 11 is 0. The zero-order valence-electron chi connectivity index (χ0n) is 32.5. The van der Waals surface area contributed by atoms with Gasteiger partial charge in [0.05, 0.1) is 6.61 Å². The number of amides is 1. The first-order chi connectivity index (χ1) is 27.1. The van der Waals surface area contributed by atoms with E-state index < -0.39 is 44.5 Å². The fourth-order valence-corrected chi connectivity index (χ4v) is 7.35. The minimum Gasteiger partial charge on any atom is -0.387 e.